The molecule has 0 aliphatic carbocycles. The average molecular weight is 402 g/mol. The first-order chi connectivity index (χ1) is 14.4. The molecule has 6 nitrogen and oxygen atoms in total. The van der Waals surface area contributed by atoms with Crippen LogP contribution >= 0.6 is 0 Å². The van der Waals surface area contributed by atoms with Gasteiger partial charge in [0, 0.05) is 47.1 Å². The Bertz CT molecular complexity index is 1180. The van der Waals surface area contributed by atoms with Crippen molar-refractivity contribution in [1.29, 1.82) is 0 Å². The van der Waals surface area contributed by atoms with Crippen molar-refractivity contribution >= 4 is 22.5 Å². The van der Waals surface area contributed by atoms with E-state index in [0.717, 1.165) is 41.2 Å². The van der Waals surface area contributed by atoms with Crippen molar-refractivity contribution in [3.8, 4) is 5.69 Å². The molecule has 4 aromatic rings. The van der Waals surface area contributed by atoms with Crippen LogP contribution in [0.5, 0.6) is 0 Å². The van der Waals surface area contributed by atoms with E-state index in [1.807, 2.05) is 61.0 Å². The third-order valence-corrected chi connectivity index (χ3v) is 5.20. The van der Waals surface area contributed by atoms with Gasteiger partial charge in [-0.2, -0.15) is 5.10 Å². The summed E-state index contributed by atoms with van der Waals surface area (Å²) >= 11 is 0. The second-order valence-corrected chi connectivity index (χ2v) is 7.93. The number of anilines is 1. The van der Waals surface area contributed by atoms with E-state index in [0.29, 0.717) is 5.56 Å². The molecule has 4 rings (SSSR count). The number of nitrogens with one attached hydrogen (secondary N) is 1. The molecule has 1 N–H and O–H groups in total. The highest BCUT2D eigenvalue weighted by Gasteiger charge is 2.10. The number of carbonyl (C=O) groups is 1. The lowest BCUT2D eigenvalue weighted by Gasteiger charge is -2.11. The third kappa shape index (κ3) is 4.14. The number of likely N-dealkylation sites (N-methyl/N-ethyl adjacent to an activating group) is 1. The van der Waals surface area contributed by atoms with E-state index < -0.39 is 0 Å². The van der Waals surface area contributed by atoms with Gasteiger partial charge in [0.2, 0.25) is 0 Å². The lowest BCUT2D eigenvalue weighted by Crippen LogP contribution is -2.17. The predicted octanol–water partition coefficient (Wildman–Crippen LogP) is 4.26. The molecule has 2 aromatic heterocycles. The zero-order chi connectivity index (χ0) is 21.3. The molecule has 0 saturated carbocycles. The highest BCUT2D eigenvalue weighted by atomic mass is 16.1. The van der Waals surface area contributed by atoms with Gasteiger partial charge in [-0.25, -0.2) is 4.68 Å². The van der Waals surface area contributed by atoms with Crippen LogP contribution in [0.15, 0.2) is 60.8 Å². The Morgan fingerprint density at radius 2 is 1.80 bits per heavy atom. The number of hydrogen-bond donors (Lipinski definition) is 1. The first-order valence-electron chi connectivity index (χ1n) is 10.1. The molecule has 0 fully saturated rings. The maximum atomic E-state index is 12.7. The molecular weight excluding hydrogens is 374 g/mol. The van der Waals surface area contributed by atoms with Crippen LogP contribution in [0.3, 0.4) is 0 Å². The Morgan fingerprint density at radius 3 is 2.47 bits per heavy atom. The molecule has 0 saturated heterocycles. The Balaban J connectivity index is 1.48. The van der Waals surface area contributed by atoms with Crippen molar-refractivity contribution in [3.05, 3.63) is 77.7 Å². The maximum Gasteiger partial charge on any atom is 0.255 e. The third-order valence-electron chi connectivity index (χ3n) is 5.20. The maximum absolute atomic E-state index is 12.7. The largest absolute Gasteiger partial charge is 0.346 e. The van der Waals surface area contributed by atoms with Crippen LogP contribution in [0, 0.1) is 13.8 Å². The molecule has 0 radical (unpaired) electrons. The van der Waals surface area contributed by atoms with Crippen molar-refractivity contribution < 1.29 is 4.79 Å². The fourth-order valence-electron chi connectivity index (χ4n) is 3.63. The second-order valence-electron chi connectivity index (χ2n) is 7.93. The number of fused-ring (bicyclic) bond motifs is 1. The number of nitrogens with zero attached hydrogens (tertiary/aromatic N) is 4. The van der Waals surface area contributed by atoms with E-state index >= 15 is 0 Å². The van der Waals surface area contributed by atoms with Gasteiger partial charge in [0.15, 0.2) is 0 Å². The summed E-state index contributed by atoms with van der Waals surface area (Å²) < 4.78 is 4.12. The predicted molar refractivity (Wildman–Crippen MR) is 121 cm³/mol. The van der Waals surface area contributed by atoms with Crippen molar-refractivity contribution in [3.63, 3.8) is 0 Å². The normalized spacial score (nSPS) is 11.4. The minimum absolute atomic E-state index is 0.124. The van der Waals surface area contributed by atoms with Crippen LogP contribution in [0.4, 0.5) is 5.69 Å². The molecule has 1 amide bonds. The molecule has 2 heterocycles. The van der Waals surface area contributed by atoms with E-state index in [2.05, 4.69) is 52.3 Å². The Hall–Kier alpha value is -3.38. The van der Waals surface area contributed by atoms with Crippen LogP contribution in [-0.4, -0.2) is 45.8 Å². The molecule has 0 spiro atoms. The lowest BCUT2D eigenvalue weighted by molar-refractivity contribution is 0.102. The number of aryl methyl sites for hydroxylation is 2. The Kier molecular flexibility index (Phi) is 5.42. The van der Waals surface area contributed by atoms with Crippen molar-refractivity contribution in [1.82, 2.24) is 19.2 Å². The number of aromatic nitrogens is 3. The number of amides is 1. The van der Waals surface area contributed by atoms with Gasteiger partial charge in [-0.05, 0) is 82.5 Å². The van der Waals surface area contributed by atoms with Crippen LogP contribution in [0.2, 0.25) is 0 Å². The van der Waals surface area contributed by atoms with Gasteiger partial charge in [-0.3, -0.25) is 4.79 Å². The average Bonchev–Trinajstić information content (AvgIpc) is 3.28. The van der Waals surface area contributed by atoms with Crippen LogP contribution in [0.1, 0.15) is 21.7 Å². The van der Waals surface area contributed by atoms with E-state index in [9.17, 15) is 4.79 Å². The summed E-state index contributed by atoms with van der Waals surface area (Å²) in [6.45, 7) is 5.91. The molecule has 0 aliphatic heterocycles. The lowest BCUT2D eigenvalue weighted by atomic mass is 10.1. The number of benzene rings is 2. The standard InChI is InChI=1S/C24H27N5O/c1-17-15-18(2)29(26-17)22-8-5-19(6-9-22)24(30)25-21-7-10-23-20(16-21)11-12-28(23)14-13-27(3)4/h5-12,15-16H,13-14H2,1-4H3,(H,25,30). The smallest absolute Gasteiger partial charge is 0.255 e. The summed E-state index contributed by atoms with van der Waals surface area (Å²) in [4.78, 5) is 14.9. The molecule has 154 valence electrons. The van der Waals surface area contributed by atoms with Crippen LogP contribution in [-0.2, 0) is 6.54 Å². The fraction of sp³-hybridized carbons (Fsp3) is 0.250. The van der Waals surface area contributed by atoms with Crippen LogP contribution in [0.25, 0.3) is 16.6 Å². The van der Waals surface area contributed by atoms with Crippen molar-refractivity contribution in [2.24, 2.45) is 0 Å². The first-order valence-corrected chi connectivity index (χ1v) is 10.1. The molecule has 0 bridgehead atoms. The minimum Gasteiger partial charge on any atom is -0.346 e. The first kappa shape index (κ1) is 19.9. The van der Waals surface area contributed by atoms with E-state index in [-0.39, 0.29) is 5.91 Å². The molecule has 2 aromatic carbocycles. The minimum atomic E-state index is -0.124. The molecule has 0 aliphatic rings. The van der Waals surface area contributed by atoms with Crippen molar-refractivity contribution in [2.75, 3.05) is 26.0 Å². The molecule has 30 heavy (non-hydrogen) atoms. The molecular formula is C24H27N5O. The number of hydrogen-bond acceptors (Lipinski definition) is 3. The Labute approximate surface area is 176 Å². The monoisotopic (exact) mass is 401 g/mol. The van der Waals surface area contributed by atoms with E-state index in [1.54, 1.807) is 0 Å². The number of carbonyl (C=O) groups excluding carboxylic acids is 1. The SMILES string of the molecule is Cc1cc(C)n(-c2ccc(C(=O)Nc3ccc4c(ccn4CCN(C)C)c3)cc2)n1. The molecule has 0 unspecified atom stereocenters. The quantitative estimate of drug-likeness (QED) is 0.525. The highest BCUT2D eigenvalue weighted by molar-refractivity contribution is 6.05. The van der Waals surface area contributed by atoms with E-state index in [4.69, 9.17) is 0 Å². The Morgan fingerprint density at radius 1 is 1.03 bits per heavy atom. The summed E-state index contributed by atoms with van der Waals surface area (Å²) in [6, 6.07) is 17.7. The molecule has 6 heteroatoms. The topological polar surface area (TPSA) is 55.1 Å². The zero-order valence-electron chi connectivity index (χ0n) is 17.9. The molecule has 0 atom stereocenters. The van der Waals surface area contributed by atoms with Crippen molar-refractivity contribution in [2.45, 2.75) is 20.4 Å². The summed E-state index contributed by atoms with van der Waals surface area (Å²) in [5, 5.41) is 8.61. The van der Waals surface area contributed by atoms with Gasteiger partial charge in [0.05, 0.1) is 11.4 Å². The van der Waals surface area contributed by atoms with Crippen LogP contribution < -0.4 is 5.32 Å². The van der Waals surface area contributed by atoms with Gasteiger partial charge in [-0.1, -0.05) is 0 Å². The summed E-state index contributed by atoms with van der Waals surface area (Å²) in [5.41, 5.74) is 5.56. The summed E-state index contributed by atoms with van der Waals surface area (Å²) in [5.74, 6) is -0.124. The van der Waals surface area contributed by atoms with Gasteiger partial charge in [0.1, 0.15) is 0 Å². The van der Waals surface area contributed by atoms with Gasteiger partial charge in [-0.15, -0.1) is 0 Å². The van der Waals surface area contributed by atoms with Gasteiger partial charge >= 0.3 is 0 Å². The van der Waals surface area contributed by atoms with Gasteiger partial charge < -0.3 is 14.8 Å². The fourth-order valence-corrected chi connectivity index (χ4v) is 3.63. The second kappa shape index (κ2) is 8.16. The zero-order valence-corrected chi connectivity index (χ0v) is 17.9. The summed E-state index contributed by atoms with van der Waals surface area (Å²) in [6.07, 6.45) is 2.09. The highest BCUT2D eigenvalue weighted by Crippen LogP contribution is 2.21. The number of rotatable bonds is 6. The van der Waals surface area contributed by atoms with Gasteiger partial charge in [0.25, 0.3) is 5.91 Å². The van der Waals surface area contributed by atoms with E-state index in [1.165, 1.54) is 5.52 Å². The summed E-state index contributed by atoms with van der Waals surface area (Å²) in [7, 11) is 4.15.